The van der Waals surface area contributed by atoms with E-state index in [1.807, 2.05) is 29.7 Å². The second-order valence-corrected chi connectivity index (χ2v) is 5.30. The van der Waals surface area contributed by atoms with Crippen molar-refractivity contribution in [3.63, 3.8) is 0 Å². The van der Waals surface area contributed by atoms with Gasteiger partial charge in [-0.1, -0.05) is 6.92 Å². The topological polar surface area (TPSA) is 47.7 Å². The van der Waals surface area contributed by atoms with Crippen molar-refractivity contribution in [3.05, 3.63) is 34.9 Å². The Balaban J connectivity index is 2.16. The quantitative estimate of drug-likeness (QED) is 0.878. The molecule has 0 aliphatic carbocycles. The first-order valence-electron chi connectivity index (χ1n) is 7.25. The van der Waals surface area contributed by atoms with E-state index in [9.17, 15) is 0 Å². The van der Waals surface area contributed by atoms with E-state index >= 15 is 0 Å². The van der Waals surface area contributed by atoms with E-state index in [1.165, 1.54) is 17.0 Å². The van der Waals surface area contributed by atoms with Gasteiger partial charge in [-0.05, 0) is 39.3 Å². The summed E-state index contributed by atoms with van der Waals surface area (Å²) in [6, 6.07) is 2.44. The highest BCUT2D eigenvalue weighted by Gasteiger charge is 2.19. The van der Waals surface area contributed by atoms with Crippen molar-refractivity contribution in [2.45, 2.75) is 39.7 Å². The number of hydrogen-bond acceptors (Lipinski definition) is 3. The molecule has 1 atom stereocenters. The molecule has 110 valence electrons. The first-order valence-corrected chi connectivity index (χ1v) is 7.25. The molecule has 0 aliphatic heterocycles. The lowest BCUT2D eigenvalue weighted by Gasteiger charge is -2.19. The van der Waals surface area contributed by atoms with Crippen LogP contribution in [-0.4, -0.2) is 26.1 Å². The molecule has 1 N–H and O–H groups in total. The standard InChI is InChI=1S/C15H25N5/c1-6-16-14(8-7-13-9-10-17-20(13)5)15-11(2)18-19(4)12(15)3/h9-10,14,16H,6-8H2,1-5H3. The minimum atomic E-state index is 0.351. The lowest BCUT2D eigenvalue weighted by molar-refractivity contribution is 0.501. The fourth-order valence-corrected chi connectivity index (χ4v) is 2.83. The first kappa shape index (κ1) is 14.8. The Hall–Kier alpha value is -1.62. The average molecular weight is 275 g/mol. The van der Waals surface area contributed by atoms with Crippen molar-refractivity contribution in [3.8, 4) is 0 Å². The van der Waals surface area contributed by atoms with Crippen molar-refractivity contribution in [1.82, 2.24) is 24.9 Å². The van der Waals surface area contributed by atoms with Gasteiger partial charge in [0.1, 0.15) is 0 Å². The fourth-order valence-electron chi connectivity index (χ4n) is 2.83. The number of aromatic nitrogens is 4. The van der Waals surface area contributed by atoms with Crippen LogP contribution in [0, 0.1) is 13.8 Å². The maximum absolute atomic E-state index is 4.54. The van der Waals surface area contributed by atoms with Gasteiger partial charge in [-0.25, -0.2) is 0 Å². The lowest BCUT2D eigenvalue weighted by atomic mass is 9.99. The largest absolute Gasteiger partial charge is 0.310 e. The van der Waals surface area contributed by atoms with E-state index in [2.05, 4.69) is 42.4 Å². The van der Waals surface area contributed by atoms with Crippen molar-refractivity contribution in [2.75, 3.05) is 6.54 Å². The van der Waals surface area contributed by atoms with Crippen molar-refractivity contribution in [1.29, 1.82) is 0 Å². The molecule has 0 amide bonds. The van der Waals surface area contributed by atoms with Crippen LogP contribution in [0.2, 0.25) is 0 Å². The molecule has 0 spiro atoms. The molecule has 2 aromatic rings. The zero-order valence-corrected chi connectivity index (χ0v) is 13.1. The highest BCUT2D eigenvalue weighted by molar-refractivity contribution is 5.28. The third-order valence-electron chi connectivity index (χ3n) is 3.98. The van der Waals surface area contributed by atoms with E-state index < -0.39 is 0 Å². The van der Waals surface area contributed by atoms with Crippen molar-refractivity contribution >= 4 is 0 Å². The van der Waals surface area contributed by atoms with Crippen LogP contribution in [0.15, 0.2) is 12.3 Å². The Kier molecular flexibility index (Phi) is 4.60. The van der Waals surface area contributed by atoms with Crippen LogP contribution < -0.4 is 5.32 Å². The Bertz CT molecular complexity index is 567. The molecule has 0 bridgehead atoms. The lowest BCUT2D eigenvalue weighted by Crippen LogP contribution is -2.23. The molecule has 0 saturated carbocycles. The van der Waals surface area contributed by atoms with Gasteiger partial charge in [0.05, 0.1) is 5.69 Å². The summed E-state index contributed by atoms with van der Waals surface area (Å²) in [7, 11) is 4.01. The summed E-state index contributed by atoms with van der Waals surface area (Å²) in [6.07, 6.45) is 3.93. The summed E-state index contributed by atoms with van der Waals surface area (Å²) in [6.45, 7) is 7.35. The Labute approximate surface area is 121 Å². The molecular formula is C15H25N5. The molecule has 2 rings (SSSR count). The van der Waals surface area contributed by atoms with E-state index in [0.29, 0.717) is 6.04 Å². The summed E-state index contributed by atoms with van der Waals surface area (Å²) in [5, 5.41) is 12.4. The summed E-state index contributed by atoms with van der Waals surface area (Å²) >= 11 is 0. The van der Waals surface area contributed by atoms with Crippen LogP contribution in [0.5, 0.6) is 0 Å². The minimum Gasteiger partial charge on any atom is -0.310 e. The molecule has 2 heterocycles. The van der Waals surface area contributed by atoms with Gasteiger partial charge >= 0.3 is 0 Å². The van der Waals surface area contributed by atoms with E-state index in [1.54, 1.807) is 0 Å². The molecular weight excluding hydrogens is 250 g/mol. The van der Waals surface area contributed by atoms with Crippen LogP contribution in [0.25, 0.3) is 0 Å². The van der Waals surface area contributed by atoms with Gasteiger partial charge in [0.25, 0.3) is 0 Å². The SMILES string of the molecule is CCNC(CCc1ccnn1C)c1c(C)nn(C)c1C. The molecule has 20 heavy (non-hydrogen) atoms. The molecule has 0 aromatic carbocycles. The van der Waals surface area contributed by atoms with Gasteiger partial charge in [-0.3, -0.25) is 9.36 Å². The van der Waals surface area contributed by atoms with Crippen LogP contribution in [0.3, 0.4) is 0 Å². The Morgan fingerprint density at radius 1 is 1.25 bits per heavy atom. The maximum atomic E-state index is 4.54. The van der Waals surface area contributed by atoms with Crippen LogP contribution in [0.4, 0.5) is 0 Å². The Morgan fingerprint density at radius 3 is 2.50 bits per heavy atom. The second kappa shape index (κ2) is 6.22. The van der Waals surface area contributed by atoms with Crippen LogP contribution in [-0.2, 0) is 20.5 Å². The first-order chi connectivity index (χ1) is 9.54. The van der Waals surface area contributed by atoms with Gasteiger partial charge in [-0.2, -0.15) is 10.2 Å². The molecule has 0 radical (unpaired) electrons. The Morgan fingerprint density at radius 2 is 2.00 bits per heavy atom. The second-order valence-electron chi connectivity index (χ2n) is 5.30. The summed E-state index contributed by atoms with van der Waals surface area (Å²) in [5.41, 5.74) is 4.99. The molecule has 1 unspecified atom stereocenters. The molecule has 0 fully saturated rings. The summed E-state index contributed by atoms with van der Waals surface area (Å²) in [4.78, 5) is 0. The third kappa shape index (κ3) is 2.93. The predicted octanol–water partition coefficient (Wildman–Crippen LogP) is 2.05. The van der Waals surface area contributed by atoms with E-state index in [0.717, 1.165) is 25.1 Å². The fraction of sp³-hybridized carbons (Fsp3) is 0.600. The zero-order valence-electron chi connectivity index (χ0n) is 13.1. The number of hydrogen-bond donors (Lipinski definition) is 1. The number of rotatable bonds is 6. The third-order valence-corrected chi connectivity index (χ3v) is 3.98. The van der Waals surface area contributed by atoms with Crippen molar-refractivity contribution < 1.29 is 0 Å². The van der Waals surface area contributed by atoms with Gasteiger partial charge < -0.3 is 5.32 Å². The predicted molar refractivity (Wildman–Crippen MR) is 80.6 cm³/mol. The number of nitrogens with zero attached hydrogens (tertiary/aromatic N) is 4. The average Bonchev–Trinajstić information content (AvgIpc) is 2.91. The smallest absolute Gasteiger partial charge is 0.0644 e. The van der Waals surface area contributed by atoms with E-state index in [4.69, 9.17) is 0 Å². The highest BCUT2D eigenvalue weighted by atomic mass is 15.3. The molecule has 5 heteroatoms. The zero-order chi connectivity index (χ0) is 14.7. The van der Waals surface area contributed by atoms with Gasteiger partial charge in [0, 0.05) is 43.3 Å². The van der Waals surface area contributed by atoms with Gasteiger partial charge in [0.2, 0.25) is 0 Å². The number of nitrogens with one attached hydrogen (secondary N) is 1. The van der Waals surface area contributed by atoms with Gasteiger partial charge in [0.15, 0.2) is 0 Å². The number of aryl methyl sites for hydroxylation is 4. The monoisotopic (exact) mass is 275 g/mol. The van der Waals surface area contributed by atoms with Crippen LogP contribution >= 0.6 is 0 Å². The summed E-state index contributed by atoms with van der Waals surface area (Å²) in [5.74, 6) is 0. The highest BCUT2D eigenvalue weighted by Crippen LogP contribution is 2.25. The van der Waals surface area contributed by atoms with Crippen LogP contribution in [0.1, 0.15) is 42.0 Å². The normalized spacial score (nSPS) is 12.8. The minimum absolute atomic E-state index is 0.351. The van der Waals surface area contributed by atoms with Gasteiger partial charge in [-0.15, -0.1) is 0 Å². The summed E-state index contributed by atoms with van der Waals surface area (Å²) < 4.78 is 3.92. The molecule has 2 aromatic heterocycles. The molecule has 0 saturated heterocycles. The molecule has 5 nitrogen and oxygen atoms in total. The van der Waals surface area contributed by atoms with Crippen molar-refractivity contribution in [2.24, 2.45) is 14.1 Å². The molecule has 0 aliphatic rings. The maximum Gasteiger partial charge on any atom is 0.0644 e. The van der Waals surface area contributed by atoms with E-state index in [-0.39, 0.29) is 0 Å².